The van der Waals surface area contributed by atoms with Gasteiger partial charge in [0.25, 0.3) is 0 Å². The third-order valence-electron chi connectivity index (χ3n) is 3.30. The Morgan fingerprint density at radius 1 is 1.05 bits per heavy atom. The summed E-state index contributed by atoms with van der Waals surface area (Å²) in [6, 6.07) is 11.4. The maximum absolute atomic E-state index is 6.15. The molecule has 0 fully saturated rings. The summed E-state index contributed by atoms with van der Waals surface area (Å²) in [4.78, 5) is 0. The van der Waals surface area contributed by atoms with E-state index < -0.39 is 0 Å². The van der Waals surface area contributed by atoms with Crippen molar-refractivity contribution in [3.63, 3.8) is 0 Å². The molecule has 0 amide bonds. The van der Waals surface area contributed by atoms with Gasteiger partial charge in [0.1, 0.15) is 13.2 Å². The molecule has 0 saturated carbocycles. The highest BCUT2D eigenvalue weighted by atomic mass is 35.5. The summed E-state index contributed by atoms with van der Waals surface area (Å²) in [6.07, 6.45) is 0. The molecule has 22 heavy (non-hydrogen) atoms. The minimum Gasteiger partial charge on any atom is -0.493 e. The van der Waals surface area contributed by atoms with Crippen LogP contribution in [0.4, 0.5) is 0 Å². The Morgan fingerprint density at radius 3 is 2.55 bits per heavy atom. The van der Waals surface area contributed by atoms with E-state index in [1.165, 1.54) is 5.56 Å². The van der Waals surface area contributed by atoms with Gasteiger partial charge in [-0.15, -0.1) is 0 Å². The van der Waals surface area contributed by atoms with Crippen LogP contribution in [0.3, 0.4) is 0 Å². The van der Waals surface area contributed by atoms with Crippen molar-refractivity contribution in [2.24, 2.45) is 0 Å². The summed E-state index contributed by atoms with van der Waals surface area (Å²) in [6.45, 7) is 4.48. The zero-order valence-corrected chi connectivity index (χ0v) is 14.2. The van der Waals surface area contributed by atoms with Gasteiger partial charge in [-0.25, -0.2) is 0 Å². The molecule has 0 aromatic heterocycles. The number of nitrogens with two attached hydrogens (primary N) is 1. The lowest BCUT2D eigenvalue weighted by atomic mass is 10.2. The topological polar surface area (TPSA) is 35.1 Å². The second kappa shape index (κ2) is 8.28. The van der Waals surface area contributed by atoms with Gasteiger partial charge in [0.2, 0.25) is 0 Å². The number of hydrogen-bond acceptors (Lipinski definition) is 2. The Bertz CT molecular complexity index is 632. The second-order valence-electron chi connectivity index (χ2n) is 4.91. The minimum atomic E-state index is 0.368. The lowest BCUT2D eigenvalue weighted by Crippen LogP contribution is -2.81. The van der Waals surface area contributed by atoms with Crippen molar-refractivity contribution in [2.45, 2.75) is 20.1 Å². The van der Waals surface area contributed by atoms with Gasteiger partial charge in [-0.2, -0.15) is 0 Å². The number of hydrogen-bond donors (Lipinski definition) is 1. The summed E-state index contributed by atoms with van der Waals surface area (Å²) < 4.78 is 11.2. The fourth-order valence-corrected chi connectivity index (χ4v) is 2.53. The smallest absolute Gasteiger partial charge is 0.161 e. The quantitative estimate of drug-likeness (QED) is 0.834. The summed E-state index contributed by atoms with van der Waals surface area (Å²) in [5, 5.41) is 3.44. The normalized spacial score (nSPS) is 10.5. The molecule has 0 unspecified atom stereocenters. The van der Waals surface area contributed by atoms with Crippen molar-refractivity contribution in [1.29, 1.82) is 0 Å². The molecule has 5 heteroatoms. The molecule has 0 saturated heterocycles. The standard InChI is InChI=1S/C17H19Cl2NO2/c1-3-20-10-12-4-7-16(17(8-12)21-2)22-11-13-5-6-14(18)9-15(13)19/h4-9,20H,3,10-11H2,1-2H3/p+1. The van der Waals surface area contributed by atoms with Crippen LogP contribution in [0.2, 0.25) is 10.0 Å². The Balaban J connectivity index is 2.08. The van der Waals surface area contributed by atoms with E-state index in [1.807, 2.05) is 24.3 Å². The first-order valence-corrected chi connectivity index (χ1v) is 7.95. The molecular formula is C17H20Cl2NO2+. The molecule has 2 aromatic rings. The number of benzene rings is 2. The van der Waals surface area contributed by atoms with Crippen molar-refractivity contribution in [3.05, 3.63) is 57.6 Å². The van der Waals surface area contributed by atoms with Crippen LogP contribution >= 0.6 is 23.2 Å². The van der Waals surface area contributed by atoms with Crippen LogP contribution in [-0.2, 0) is 13.2 Å². The van der Waals surface area contributed by atoms with E-state index in [0.29, 0.717) is 22.4 Å². The molecule has 0 aliphatic carbocycles. The molecule has 0 aliphatic rings. The van der Waals surface area contributed by atoms with Crippen LogP contribution in [0.1, 0.15) is 18.1 Å². The summed E-state index contributed by atoms with van der Waals surface area (Å²) in [5.74, 6) is 1.43. The zero-order chi connectivity index (χ0) is 15.9. The number of methoxy groups -OCH3 is 1. The van der Waals surface area contributed by atoms with E-state index in [0.717, 1.165) is 24.4 Å². The lowest BCUT2D eigenvalue weighted by molar-refractivity contribution is -0.667. The molecular weight excluding hydrogens is 321 g/mol. The van der Waals surface area contributed by atoms with Crippen LogP contribution in [0, 0.1) is 0 Å². The Labute approximate surface area is 141 Å². The van der Waals surface area contributed by atoms with Crippen molar-refractivity contribution in [1.82, 2.24) is 0 Å². The van der Waals surface area contributed by atoms with Crippen LogP contribution < -0.4 is 14.8 Å². The molecule has 0 aliphatic heterocycles. The molecule has 0 spiro atoms. The Morgan fingerprint density at radius 2 is 1.86 bits per heavy atom. The highest BCUT2D eigenvalue weighted by molar-refractivity contribution is 6.35. The molecule has 3 nitrogen and oxygen atoms in total. The number of quaternary nitrogens is 1. The van der Waals surface area contributed by atoms with Crippen molar-refractivity contribution in [2.75, 3.05) is 13.7 Å². The second-order valence-corrected chi connectivity index (χ2v) is 5.75. The highest BCUT2D eigenvalue weighted by Gasteiger charge is 2.08. The van der Waals surface area contributed by atoms with Gasteiger partial charge in [0.15, 0.2) is 11.5 Å². The average molecular weight is 341 g/mol. The molecule has 0 radical (unpaired) electrons. The average Bonchev–Trinajstić information content (AvgIpc) is 2.52. The van der Waals surface area contributed by atoms with Crippen LogP contribution in [0.5, 0.6) is 11.5 Å². The zero-order valence-electron chi connectivity index (χ0n) is 12.7. The largest absolute Gasteiger partial charge is 0.493 e. The van der Waals surface area contributed by atoms with E-state index in [1.54, 1.807) is 19.2 Å². The predicted octanol–water partition coefficient (Wildman–Crippen LogP) is 3.66. The number of ether oxygens (including phenoxy) is 2. The Kier molecular flexibility index (Phi) is 6.37. The summed E-state index contributed by atoms with van der Waals surface area (Å²) in [5.41, 5.74) is 2.09. The van der Waals surface area contributed by atoms with Gasteiger partial charge >= 0.3 is 0 Å². The first kappa shape index (κ1) is 16.9. The summed E-state index contributed by atoms with van der Waals surface area (Å²) in [7, 11) is 1.64. The molecule has 0 bridgehead atoms. The van der Waals surface area contributed by atoms with Crippen LogP contribution in [0.15, 0.2) is 36.4 Å². The molecule has 2 aromatic carbocycles. The van der Waals surface area contributed by atoms with Crippen LogP contribution in [0.25, 0.3) is 0 Å². The van der Waals surface area contributed by atoms with Crippen molar-refractivity contribution in [3.8, 4) is 11.5 Å². The number of halogens is 2. The third kappa shape index (κ3) is 4.54. The lowest BCUT2D eigenvalue weighted by Gasteiger charge is -2.12. The van der Waals surface area contributed by atoms with Gasteiger partial charge < -0.3 is 14.8 Å². The maximum Gasteiger partial charge on any atom is 0.161 e. The van der Waals surface area contributed by atoms with E-state index >= 15 is 0 Å². The fourth-order valence-electron chi connectivity index (χ4n) is 2.06. The highest BCUT2D eigenvalue weighted by Crippen LogP contribution is 2.30. The molecule has 0 atom stereocenters. The molecule has 2 N–H and O–H groups in total. The van der Waals surface area contributed by atoms with Gasteiger partial charge in [0.05, 0.1) is 13.7 Å². The van der Waals surface area contributed by atoms with Gasteiger partial charge in [0, 0.05) is 21.2 Å². The van der Waals surface area contributed by atoms with E-state index in [9.17, 15) is 0 Å². The van der Waals surface area contributed by atoms with E-state index in [4.69, 9.17) is 32.7 Å². The maximum atomic E-state index is 6.15. The predicted molar refractivity (Wildman–Crippen MR) is 90.0 cm³/mol. The van der Waals surface area contributed by atoms with Crippen molar-refractivity contribution < 1.29 is 14.8 Å². The third-order valence-corrected chi connectivity index (χ3v) is 3.88. The number of rotatable bonds is 7. The fraction of sp³-hybridized carbons (Fsp3) is 0.294. The first-order valence-electron chi connectivity index (χ1n) is 7.19. The first-order chi connectivity index (χ1) is 10.6. The van der Waals surface area contributed by atoms with Crippen molar-refractivity contribution >= 4 is 23.2 Å². The van der Waals surface area contributed by atoms with Gasteiger partial charge in [-0.1, -0.05) is 29.3 Å². The Hall–Kier alpha value is -1.42. The molecule has 0 heterocycles. The summed E-state index contributed by atoms with van der Waals surface area (Å²) >= 11 is 12.0. The van der Waals surface area contributed by atoms with Gasteiger partial charge in [-0.3, -0.25) is 0 Å². The van der Waals surface area contributed by atoms with Crippen LogP contribution in [-0.4, -0.2) is 13.7 Å². The minimum absolute atomic E-state index is 0.368. The molecule has 118 valence electrons. The molecule has 2 rings (SSSR count). The van der Waals surface area contributed by atoms with E-state index in [2.05, 4.69) is 12.2 Å². The SMILES string of the molecule is CC[NH2+]Cc1ccc(OCc2ccc(Cl)cc2Cl)c(OC)c1. The monoisotopic (exact) mass is 340 g/mol. The van der Waals surface area contributed by atoms with E-state index in [-0.39, 0.29) is 0 Å². The van der Waals surface area contributed by atoms with Gasteiger partial charge in [-0.05, 0) is 37.3 Å².